The molecule has 0 aliphatic heterocycles. The quantitative estimate of drug-likeness (QED) is 0.310. The first-order valence-corrected chi connectivity index (χ1v) is 13.3. The van der Waals surface area contributed by atoms with Crippen molar-refractivity contribution in [3.05, 3.63) is 35.9 Å². The summed E-state index contributed by atoms with van der Waals surface area (Å²) in [6.45, 7) is 10.1. The second-order valence-corrected chi connectivity index (χ2v) is 12.7. The molecular weight excluding hydrogens is 432 g/mol. The summed E-state index contributed by atoms with van der Waals surface area (Å²) in [6.07, 6.45) is 5.17. The Labute approximate surface area is 192 Å². The third-order valence-electron chi connectivity index (χ3n) is 5.97. The first-order chi connectivity index (χ1) is 14.6. The van der Waals surface area contributed by atoms with Gasteiger partial charge in [-0.3, -0.25) is 5.14 Å². The van der Waals surface area contributed by atoms with Gasteiger partial charge in [0.2, 0.25) is 0 Å². The van der Waals surface area contributed by atoms with Gasteiger partial charge in [-0.15, -0.1) is 0 Å². The van der Waals surface area contributed by atoms with Crippen molar-refractivity contribution < 1.29 is 17.9 Å². The smallest absolute Gasteiger partial charge is 0.145 e. The second kappa shape index (κ2) is 12.3. The van der Waals surface area contributed by atoms with Crippen molar-refractivity contribution in [2.75, 3.05) is 19.8 Å². The molecule has 1 fully saturated rings. The molecular formula is C23H38N2O4S2. The Morgan fingerprint density at radius 2 is 1.77 bits per heavy atom. The van der Waals surface area contributed by atoms with Gasteiger partial charge >= 0.3 is 0 Å². The Morgan fingerprint density at radius 1 is 1.10 bits per heavy atom. The van der Waals surface area contributed by atoms with E-state index in [0.29, 0.717) is 44.7 Å². The molecule has 0 amide bonds. The molecule has 6 nitrogen and oxygen atoms in total. The van der Waals surface area contributed by atoms with Gasteiger partial charge in [0.15, 0.2) is 0 Å². The van der Waals surface area contributed by atoms with Crippen molar-refractivity contribution in [3.8, 4) is 0 Å². The van der Waals surface area contributed by atoms with E-state index < -0.39 is 22.0 Å². The van der Waals surface area contributed by atoms with Crippen molar-refractivity contribution in [2.24, 2.45) is 21.4 Å². The monoisotopic (exact) mass is 470 g/mol. The lowest BCUT2D eigenvalue weighted by atomic mass is 10.00. The van der Waals surface area contributed by atoms with Gasteiger partial charge in [0.1, 0.15) is 11.0 Å². The molecule has 0 aromatic heterocycles. The first kappa shape index (κ1) is 26.3. The summed E-state index contributed by atoms with van der Waals surface area (Å²) < 4.78 is 38.9. The zero-order chi connectivity index (χ0) is 22.9. The molecule has 1 aliphatic rings. The van der Waals surface area contributed by atoms with Crippen LogP contribution in [0.5, 0.6) is 0 Å². The van der Waals surface area contributed by atoms with Crippen molar-refractivity contribution in [1.29, 1.82) is 0 Å². The van der Waals surface area contributed by atoms with Gasteiger partial charge in [-0.2, -0.15) is 4.40 Å². The van der Waals surface area contributed by atoms with Crippen LogP contribution >= 0.6 is 0 Å². The molecule has 1 aromatic carbocycles. The van der Waals surface area contributed by atoms with E-state index in [9.17, 15) is 8.42 Å². The topological polar surface area (TPSA) is 91.0 Å². The minimum absolute atomic E-state index is 0.362. The van der Waals surface area contributed by atoms with Crippen LogP contribution < -0.4 is 5.14 Å². The van der Waals surface area contributed by atoms with E-state index in [1.807, 2.05) is 58.0 Å². The van der Waals surface area contributed by atoms with E-state index in [2.05, 4.69) is 4.40 Å². The summed E-state index contributed by atoms with van der Waals surface area (Å²) in [6, 6.07) is 10.0. The molecule has 1 saturated carbocycles. The number of hydrogen-bond donors (Lipinski definition) is 1. The maximum Gasteiger partial charge on any atom is 0.145 e. The van der Waals surface area contributed by atoms with Crippen LogP contribution in [0.25, 0.3) is 0 Å². The number of nitrogens with two attached hydrogens (primary N) is 1. The predicted octanol–water partition coefficient (Wildman–Crippen LogP) is 3.94. The minimum atomic E-state index is -1.33. The highest BCUT2D eigenvalue weighted by Gasteiger charge is 2.50. The summed E-state index contributed by atoms with van der Waals surface area (Å²) >= 11 is 0. The summed E-state index contributed by atoms with van der Waals surface area (Å²) in [5.74, 6) is 0.890. The van der Waals surface area contributed by atoms with Crippen LogP contribution in [0.4, 0.5) is 0 Å². The molecule has 0 spiro atoms. The second-order valence-electron chi connectivity index (χ2n) is 9.28. The summed E-state index contributed by atoms with van der Waals surface area (Å²) in [4.78, 5) is 0. The van der Waals surface area contributed by atoms with Crippen molar-refractivity contribution >= 4 is 28.2 Å². The maximum absolute atomic E-state index is 12.7. The molecule has 0 radical (unpaired) electrons. The fourth-order valence-electron chi connectivity index (χ4n) is 3.56. The fourth-order valence-corrected chi connectivity index (χ4v) is 4.94. The van der Waals surface area contributed by atoms with Gasteiger partial charge in [0.25, 0.3) is 0 Å². The van der Waals surface area contributed by atoms with Gasteiger partial charge in [0, 0.05) is 12.6 Å². The molecule has 1 aromatic rings. The fraction of sp³-hybridized carbons (Fsp3) is 0.696. The highest BCUT2D eigenvalue weighted by Crippen LogP contribution is 2.52. The SMILES string of the molecule is CC(C)(CCC1C[C@@H]1C(C)(C)S(=O)/N=C/CCOCCOCc1ccccc1)S(N)=O. The first-order valence-electron chi connectivity index (χ1n) is 10.9. The highest BCUT2D eigenvalue weighted by atomic mass is 32.2. The van der Waals surface area contributed by atoms with Crippen LogP contribution in [-0.2, 0) is 38.1 Å². The number of hydrogen-bond acceptors (Lipinski definition) is 4. The molecule has 0 heterocycles. The van der Waals surface area contributed by atoms with E-state index in [0.717, 1.165) is 24.8 Å². The summed E-state index contributed by atoms with van der Waals surface area (Å²) in [5.41, 5.74) is 1.15. The number of ether oxygens (including phenoxy) is 2. The Balaban J connectivity index is 1.57. The van der Waals surface area contributed by atoms with Crippen molar-refractivity contribution in [1.82, 2.24) is 0 Å². The third-order valence-corrected chi connectivity index (χ3v) is 8.81. The maximum atomic E-state index is 12.7. The Morgan fingerprint density at radius 3 is 2.45 bits per heavy atom. The van der Waals surface area contributed by atoms with Gasteiger partial charge in [0.05, 0.1) is 46.9 Å². The molecule has 2 N–H and O–H groups in total. The zero-order valence-corrected chi connectivity index (χ0v) is 20.9. The van der Waals surface area contributed by atoms with Gasteiger partial charge in [-0.1, -0.05) is 30.3 Å². The standard InChI is InChI=1S/C23H38N2O4S2/c1-22(2,30(24)26)12-11-20-17-21(20)23(3,4)31(27)25-13-8-14-28-15-16-29-18-19-9-6-5-7-10-19/h5-7,9-10,13,20-21H,8,11-12,14-18,24H2,1-4H3/b25-13+/t20?,21-,30?,31?/m0/s1. The summed E-state index contributed by atoms with van der Waals surface area (Å²) in [5, 5.41) is 5.57. The zero-order valence-electron chi connectivity index (χ0n) is 19.2. The molecule has 1 aliphatic carbocycles. The Bertz CT molecular complexity index is 753. The number of rotatable bonds is 15. The third kappa shape index (κ3) is 8.85. The molecule has 0 bridgehead atoms. The van der Waals surface area contributed by atoms with Gasteiger partial charge < -0.3 is 9.47 Å². The van der Waals surface area contributed by atoms with Crippen LogP contribution in [0.1, 0.15) is 58.9 Å². The molecule has 176 valence electrons. The van der Waals surface area contributed by atoms with Crippen LogP contribution in [0, 0.1) is 11.8 Å². The van der Waals surface area contributed by atoms with Crippen molar-refractivity contribution in [3.63, 3.8) is 0 Å². The molecule has 31 heavy (non-hydrogen) atoms. The van der Waals surface area contributed by atoms with Crippen LogP contribution in [0.2, 0.25) is 0 Å². The lowest BCUT2D eigenvalue weighted by Crippen LogP contribution is -2.32. The molecule has 0 saturated heterocycles. The van der Waals surface area contributed by atoms with E-state index in [1.54, 1.807) is 6.21 Å². The number of nitrogens with zero attached hydrogens (tertiary/aromatic N) is 1. The largest absolute Gasteiger partial charge is 0.379 e. The van der Waals surface area contributed by atoms with Crippen LogP contribution in [0.3, 0.4) is 0 Å². The normalized spacial score (nSPS) is 21.3. The van der Waals surface area contributed by atoms with E-state index in [1.165, 1.54) is 0 Å². The van der Waals surface area contributed by atoms with Gasteiger partial charge in [-0.05, 0) is 64.4 Å². The summed E-state index contributed by atoms with van der Waals surface area (Å²) in [7, 11) is -2.61. The minimum Gasteiger partial charge on any atom is -0.379 e. The Hall–Kier alpha value is -0.930. The van der Waals surface area contributed by atoms with Crippen molar-refractivity contribution in [2.45, 2.75) is 69.5 Å². The Kier molecular flexibility index (Phi) is 10.5. The molecule has 8 heteroatoms. The molecule has 4 atom stereocenters. The lowest BCUT2D eigenvalue weighted by Gasteiger charge is -2.23. The van der Waals surface area contributed by atoms with Crippen LogP contribution in [-0.4, -0.2) is 43.9 Å². The predicted molar refractivity (Wildman–Crippen MR) is 129 cm³/mol. The van der Waals surface area contributed by atoms with E-state index >= 15 is 0 Å². The van der Waals surface area contributed by atoms with E-state index in [-0.39, 0.29) is 9.49 Å². The molecule has 3 unspecified atom stereocenters. The lowest BCUT2D eigenvalue weighted by molar-refractivity contribution is 0.0432. The van der Waals surface area contributed by atoms with Gasteiger partial charge in [-0.25, -0.2) is 8.42 Å². The van der Waals surface area contributed by atoms with Crippen LogP contribution in [0.15, 0.2) is 34.7 Å². The van der Waals surface area contributed by atoms with E-state index in [4.69, 9.17) is 14.6 Å². The number of benzene rings is 1. The average molecular weight is 471 g/mol. The molecule has 2 rings (SSSR count). The average Bonchev–Trinajstić information content (AvgIpc) is 3.52. The highest BCUT2D eigenvalue weighted by molar-refractivity contribution is 7.85.